The Bertz CT molecular complexity index is 686. The lowest BCUT2D eigenvalue weighted by Gasteiger charge is -2.17. The summed E-state index contributed by atoms with van der Waals surface area (Å²) < 4.78 is 20.5. The van der Waals surface area contributed by atoms with E-state index in [0.29, 0.717) is 26.0 Å². The minimum absolute atomic E-state index is 0.0206. The summed E-state index contributed by atoms with van der Waals surface area (Å²) in [7, 11) is 1.84. The Morgan fingerprint density at radius 3 is 3.13 bits per heavy atom. The van der Waals surface area contributed by atoms with Gasteiger partial charge >= 0.3 is 0 Å². The fourth-order valence-corrected chi connectivity index (χ4v) is 2.93. The topological polar surface area (TPSA) is 56.1 Å². The molecule has 1 saturated heterocycles. The molecule has 0 radical (unpaired) electrons. The molecule has 0 unspecified atom stereocenters. The Morgan fingerprint density at radius 2 is 2.39 bits per heavy atom. The molecule has 1 aromatic heterocycles. The van der Waals surface area contributed by atoms with Gasteiger partial charge in [-0.1, -0.05) is 12.1 Å². The van der Waals surface area contributed by atoms with E-state index in [1.165, 1.54) is 12.1 Å². The first-order valence-corrected chi connectivity index (χ1v) is 7.76. The summed E-state index contributed by atoms with van der Waals surface area (Å²) in [6.45, 7) is 1.06. The van der Waals surface area contributed by atoms with Gasteiger partial charge in [0.15, 0.2) is 0 Å². The van der Waals surface area contributed by atoms with Gasteiger partial charge in [-0.2, -0.15) is 5.10 Å². The number of aromatic nitrogens is 2. The SMILES string of the molecule is Cn1cc([C@H]2OCC[C@@H]2C(=O)NCCc2cccc(F)c2)cn1. The van der Waals surface area contributed by atoms with E-state index in [0.717, 1.165) is 11.1 Å². The molecular formula is C17H20FN3O2. The molecule has 3 rings (SSSR count). The summed E-state index contributed by atoms with van der Waals surface area (Å²) >= 11 is 0. The number of hydrogen-bond acceptors (Lipinski definition) is 3. The van der Waals surface area contributed by atoms with Crippen LogP contribution < -0.4 is 5.32 Å². The second kappa shape index (κ2) is 6.91. The van der Waals surface area contributed by atoms with Gasteiger partial charge in [-0.25, -0.2) is 4.39 Å². The lowest BCUT2D eigenvalue weighted by molar-refractivity contribution is -0.126. The average Bonchev–Trinajstić information content (AvgIpc) is 3.15. The van der Waals surface area contributed by atoms with Gasteiger partial charge in [0.25, 0.3) is 0 Å². The van der Waals surface area contributed by atoms with Crippen LogP contribution in [0.2, 0.25) is 0 Å². The molecule has 1 aliphatic heterocycles. The van der Waals surface area contributed by atoms with Crippen molar-refractivity contribution in [2.45, 2.75) is 18.9 Å². The molecule has 1 aromatic carbocycles. The molecule has 23 heavy (non-hydrogen) atoms. The van der Waals surface area contributed by atoms with Gasteiger partial charge in [0.05, 0.1) is 18.2 Å². The lowest BCUT2D eigenvalue weighted by Crippen LogP contribution is -2.33. The number of nitrogens with zero attached hydrogens (tertiary/aromatic N) is 2. The maximum absolute atomic E-state index is 13.1. The summed E-state index contributed by atoms with van der Waals surface area (Å²) in [6.07, 6.45) is 4.68. The fraction of sp³-hybridized carbons (Fsp3) is 0.412. The number of hydrogen-bond donors (Lipinski definition) is 1. The standard InChI is InChI=1S/C17H20FN3O2/c1-21-11-13(10-20-21)16-15(6-8-23-16)17(22)19-7-5-12-3-2-4-14(18)9-12/h2-4,9-11,15-16H,5-8H2,1H3,(H,19,22)/t15-,16+/m0/s1. The maximum Gasteiger partial charge on any atom is 0.226 e. The van der Waals surface area contributed by atoms with E-state index in [2.05, 4.69) is 10.4 Å². The zero-order valence-corrected chi connectivity index (χ0v) is 13.0. The number of aryl methyl sites for hydroxylation is 1. The van der Waals surface area contributed by atoms with Gasteiger partial charge in [0, 0.05) is 32.0 Å². The molecule has 2 atom stereocenters. The smallest absolute Gasteiger partial charge is 0.226 e. The Labute approximate surface area is 134 Å². The van der Waals surface area contributed by atoms with Gasteiger partial charge in [-0.05, 0) is 30.5 Å². The van der Waals surface area contributed by atoms with E-state index in [4.69, 9.17) is 4.74 Å². The van der Waals surface area contributed by atoms with Crippen LogP contribution in [0.1, 0.15) is 23.7 Å². The number of carbonyl (C=O) groups excluding carboxylic acids is 1. The second-order valence-corrected chi connectivity index (χ2v) is 5.80. The molecule has 0 aliphatic carbocycles. The van der Waals surface area contributed by atoms with E-state index in [-0.39, 0.29) is 23.7 Å². The third-order valence-electron chi connectivity index (χ3n) is 4.08. The molecule has 6 heteroatoms. The Morgan fingerprint density at radius 1 is 1.52 bits per heavy atom. The number of amides is 1. The van der Waals surface area contributed by atoms with Gasteiger partial charge in [0.1, 0.15) is 5.82 Å². The highest BCUT2D eigenvalue weighted by molar-refractivity contribution is 5.79. The van der Waals surface area contributed by atoms with Crippen LogP contribution in [0, 0.1) is 11.7 Å². The number of halogens is 1. The molecule has 0 bridgehead atoms. The molecule has 1 aliphatic rings. The third-order valence-corrected chi connectivity index (χ3v) is 4.08. The van der Waals surface area contributed by atoms with Crippen molar-refractivity contribution >= 4 is 5.91 Å². The van der Waals surface area contributed by atoms with E-state index in [9.17, 15) is 9.18 Å². The Hall–Kier alpha value is -2.21. The molecule has 0 saturated carbocycles. The highest BCUT2D eigenvalue weighted by atomic mass is 19.1. The summed E-state index contributed by atoms with van der Waals surface area (Å²) in [6, 6.07) is 6.43. The summed E-state index contributed by atoms with van der Waals surface area (Å²) in [5, 5.41) is 7.06. The van der Waals surface area contributed by atoms with E-state index in [1.807, 2.05) is 19.3 Å². The van der Waals surface area contributed by atoms with Crippen molar-refractivity contribution in [1.82, 2.24) is 15.1 Å². The molecule has 1 fully saturated rings. The number of benzene rings is 1. The average molecular weight is 317 g/mol. The van der Waals surface area contributed by atoms with Crippen LogP contribution in [0.25, 0.3) is 0 Å². The predicted octanol–water partition coefficient (Wildman–Crippen LogP) is 2.00. The number of carbonyl (C=O) groups is 1. The zero-order valence-electron chi connectivity index (χ0n) is 13.0. The van der Waals surface area contributed by atoms with Crippen LogP contribution in [0.4, 0.5) is 4.39 Å². The highest BCUT2D eigenvalue weighted by Gasteiger charge is 2.35. The first-order valence-electron chi connectivity index (χ1n) is 7.76. The minimum atomic E-state index is -0.255. The molecule has 122 valence electrons. The maximum atomic E-state index is 13.1. The Balaban J connectivity index is 1.55. The number of ether oxygens (including phenoxy) is 1. The normalized spacial score (nSPS) is 20.6. The molecular weight excluding hydrogens is 297 g/mol. The number of rotatable bonds is 5. The summed E-state index contributed by atoms with van der Waals surface area (Å²) in [5.74, 6) is -0.478. The van der Waals surface area contributed by atoms with Crippen LogP contribution in [-0.2, 0) is 23.0 Å². The molecule has 2 heterocycles. The van der Waals surface area contributed by atoms with Crippen molar-refractivity contribution < 1.29 is 13.9 Å². The van der Waals surface area contributed by atoms with Crippen molar-refractivity contribution in [2.24, 2.45) is 13.0 Å². The monoisotopic (exact) mass is 317 g/mol. The van der Waals surface area contributed by atoms with Crippen LogP contribution in [0.3, 0.4) is 0 Å². The first kappa shape index (κ1) is 15.7. The van der Waals surface area contributed by atoms with Crippen molar-refractivity contribution in [3.05, 3.63) is 53.6 Å². The van der Waals surface area contributed by atoms with E-state index in [1.54, 1.807) is 16.9 Å². The summed E-state index contributed by atoms with van der Waals surface area (Å²) in [5.41, 5.74) is 1.80. The molecule has 1 N–H and O–H groups in total. The van der Waals surface area contributed by atoms with Gasteiger partial charge in [-0.15, -0.1) is 0 Å². The van der Waals surface area contributed by atoms with E-state index < -0.39 is 0 Å². The predicted molar refractivity (Wildman–Crippen MR) is 83.1 cm³/mol. The first-order chi connectivity index (χ1) is 11.1. The lowest BCUT2D eigenvalue weighted by atomic mass is 9.96. The molecule has 5 nitrogen and oxygen atoms in total. The van der Waals surface area contributed by atoms with Crippen LogP contribution in [-0.4, -0.2) is 28.8 Å². The Kier molecular flexibility index (Phi) is 4.71. The molecule has 0 spiro atoms. The quantitative estimate of drug-likeness (QED) is 0.917. The number of nitrogens with one attached hydrogen (secondary N) is 1. The van der Waals surface area contributed by atoms with Gasteiger partial charge in [-0.3, -0.25) is 9.48 Å². The molecule has 1 amide bonds. The van der Waals surface area contributed by atoms with Crippen LogP contribution in [0.5, 0.6) is 0 Å². The van der Waals surface area contributed by atoms with E-state index >= 15 is 0 Å². The largest absolute Gasteiger partial charge is 0.373 e. The van der Waals surface area contributed by atoms with Gasteiger partial charge in [0.2, 0.25) is 5.91 Å². The third kappa shape index (κ3) is 3.76. The molecule has 2 aromatic rings. The van der Waals surface area contributed by atoms with Crippen molar-refractivity contribution in [1.29, 1.82) is 0 Å². The van der Waals surface area contributed by atoms with Gasteiger partial charge < -0.3 is 10.1 Å². The minimum Gasteiger partial charge on any atom is -0.373 e. The van der Waals surface area contributed by atoms with Crippen LogP contribution >= 0.6 is 0 Å². The highest BCUT2D eigenvalue weighted by Crippen LogP contribution is 2.34. The van der Waals surface area contributed by atoms with Crippen LogP contribution in [0.15, 0.2) is 36.7 Å². The summed E-state index contributed by atoms with van der Waals surface area (Å²) in [4.78, 5) is 12.4. The zero-order chi connectivity index (χ0) is 16.2. The van der Waals surface area contributed by atoms with Crippen molar-refractivity contribution in [2.75, 3.05) is 13.2 Å². The van der Waals surface area contributed by atoms with Crippen molar-refractivity contribution in [3.8, 4) is 0 Å². The second-order valence-electron chi connectivity index (χ2n) is 5.80. The van der Waals surface area contributed by atoms with Crippen molar-refractivity contribution in [3.63, 3.8) is 0 Å². The fourth-order valence-electron chi connectivity index (χ4n) is 2.93.